The molecule has 0 aliphatic carbocycles. The number of hydrogen-bond donors (Lipinski definition) is 4. The van der Waals surface area contributed by atoms with E-state index in [1.807, 2.05) is 19.1 Å². The monoisotopic (exact) mass is 525 g/mol. The van der Waals surface area contributed by atoms with Crippen molar-refractivity contribution in [2.45, 2.75) is 32.2 Å². The van der Waals surface area contributed by atoms with Gasteiger partial charge in [-0.25, -0.2) is 4.79 Å². The quantitative estimate of drug-likeness (QED) is 0.263. The van der Waals surface area contributed by atoms with Gasteiger partial charge in [-0.15, -0.1) is 0 Å². The van der Waals surface area contributed by atoms with Gasteiger partial charge in [0.2, 0.25) is 5.91 Å². The number of likely N-dealkylation sites (N-methyl/N-ethyl adjacent to an activating group) is 1. The van der Waals surface area contributed by atoms with E-state index in [4.69, 9.17) is 11.6 Å². The average Bonchev–Trinajstić information content (AvgIpc) is 3.14. The van der Waals surface area contributed by atoms with Gasteiger partial charge in [0.1, 0.15) is 18.0 Å². The number of anilines is 2. The molecule has 1 unspecified atom stereocenters. The van der Waals surface area contributed by atoms with E-state index in [1.54, 1.807) is 30.3 Å². The molecule has 4 N–H and O–H groups in total. The highest BCUT2D eigenvalue weighted by Crippen LogP contribution is 2.22. The lowest BCUT2D eigenvalue weighted by molar-refractivity contribution is -0.146. The Labute approximate surface area is 219 Å². The normalized spacial score (nSPS) is 13.6. The van der Waals surface area contributed by atoms with Crippen LogP contribution in [-0.2, 0) is 25.6 Å². The minimum absolute atomic E-state index is 0.0245. The first kappa shape index (κ1) is 27.4. The fourth-order valence-electron chi connectivity index (χ4n) is 3.77. The first-order valence-corrected chi connectivity index (χ1v) is 12.0. The molecular weight excluding hydrogens is 498 g/mol. The molecule has 0 spiro atoms. The van der Waals surface area contributed by atoms with Crippen LogP contribution in [0, 0.1) is 6.92 Å². The number of aryl methyl sites for hydroxylation is 1. The lowest BCUT2D eigenvalue weighted by Crippen LogP contribution is -2.49. The molecular formula is C26H28ClN5O5. The van der Waals surface area contributed by atoms with Gasteiger partial charge in [-0.05, 0) is 55.2 Å². The third-order valence-electron chi connectivity index (χ3n) is 5.71. The smallest absolute Gasteiger partial charge is 0.319 e. The Morgan fingerprint density at radius 1 is 1.11 bits per heavy atom. The molecule has 0 saturated carbocycles. The number of carbonyl (C=O) groups excluding carboxylic acids is 5. The molecule has 11 heteroatoms. The number of halogens is 1. The Bertz CT molecular complexity index is 1250. The molecule has 0 radical (unpaired) electrons. The predicted octanol–water partition coefficient (Wildman–Crippen LogP) is 2.77. The molecule has 2 aromatic carbocycles. The first-order chi connectivity index (χ1) is 17.7. The zero-order chi connectivity index (χ0) is 26.9. The Morgan fingerprint density at radius 3 is 2.59 bits per heavy atom. The van der Waals surface area contributed by atoms with Crippen LogP contribution < -0.4 is 21.3 Å². The number of aldehydes is 1. The fraction of sp³-hybridized carbons (Fsp3) is 0.269. The lowest BCUT2D eigenvalue weighted by Gasteiger charge is -2.24. The van der Waals surface area contributed by atoms with Gasteiger partial charge in [0.25, 0.3) is 11.8 Å². The van der Waals surface area contributed by atoms with Crippen molar-refractivity contribution in [2.24, 2.45) is 0 Å². The van der Waals surface area contributed by atoms with Crippen molar-refractivity contribution < 1.29 is 24.0 Å². The van der Waals surface area contributed by atoms with Gasteiger partial charge < -0.3 is 26.1 Å². The van der Waals surface area contributed by atoms with Gasteiger partial charge in [0, 0.05) is 42.5 Å². The summed E-state index contributed by atoms with van der Waals surface area (Å²) in [5.74, 6) is -1.81. The number of benzene rings is 2. The van der Waals surface area contributed by atoms with Gasteiger partial charge in [-0.2, -0.15) is 0 Å². The van der Waals surface area contributed by atoms with Crippen molar-refractivity contribution in [2.75, 3.05) is 24.2 Å². The molecule has 5 amide bonds. The van der Waals surface area contributed by atoms with Crippen LogP contribution in [0.3, 0.4) is 0 Å². The van der Waals surface area contributed by atoms with Crippen LogP contribution in [0.4, 0.5) is 16.2 Å². The first-order valence-electron chi connectivity index (χ1n) is 11.6. The SMILES string of the molecule is CNC(=O)C(CCC=O)N1C(=O)C=C(Nc2cccc(CCNC(=O)Nc3ccc(C)c(Cl)c3)c2)C1=O. The summed E-state index contributed by atoms with van der Waals surface area (Å²) in [5.41, 5.74) is 2.97. The second-order valence-electron chi connectivity index (χ2n) is 8.37. The Morgan fingerprint density at radius 2 is 1.89 bits per heavy atom. The molecule has 0 saturated heterocycles. The molecule has 10 nitrogen and oxygen atoms in total. The second-order valence-corrected chi connectivity index (χ2v) is 8.77. The summed E-state index contributed by atoms with van der Waals surface area (Å²) in [6.07, 6.45) is 2.35. The average molecular weight is 526 g/mol. The summed E-state index contributed by atoms with van der Waals surface area (Å²) < 4.78 is 0. The molecule has 1 aliphatic rings. The lowest BCUT2D eigenvalue weighted by atomic mass is 10.1. The number of urea groups is 1. The van der Waals surface area contributed by atoms with E-state index in [-0.39, 0.29) is 24.6 Å². The second kappa shape index (κ2) is 12.7. The predicted molar refractivity (Wildman–Crippen MR) is 140 cm³/mol. The third-order valence-corrected chi connectivity index (χ3v) is 6.12. The number of carbonyl (C=O) groups is 5. The zero-order valence-corrected chi connectivity index (χ0v) is 21.2. The van der Waals surface area contributed by atoms with Crippen LogP contribution in [0.1, 0.15) is 24.0 Å². The van der Waals surface area contributed by atoms with Crippen molar-refractivity contribution in [3.05, 3.63) is 70.4 Å². The molecule has 0 bridgehead atoms. The molecule has 0 aromatic heterocycles. The van der Waals surface area contributed by atoms with E-state index in [1.165, 1.54) is 7.05 Å². The number of nitrogens with zero attached hydrogens (tertiary/aromatic N) is 1. The topological polar surface area (TPSA) is 137 Å². The van der Waals surface area contributed by atoms with Crippen LogP contribution >= 0.6 is 11.6 Å². The molecule has 1 aliphatic heterocycles. The van der Waals surface area contributed by atoms with Crippen molar-refractivity contribution >= 4 is 53.0 Å². The van der Waals surface area contributed by atoms with E-state index in [9.17, 15) is 24.0 Å². The van der Waals surface area contributed by atoms with Gasteiger partial charge in [-0.3, -0.25) is 19.3 Å². The summed E-state index contributed by atoms with van der Waals surface area (Å²) in [4.78, 5) is 61.5. The highest BCUT2D eigenvalue weighted by Gasteiger charge is 2.39. The zero-order valence-electron chi connectivity index (χ0n) is 20.5. The third kappa shape index (κ3) is 7.17. The summed E-state index contributed by atoms with van der Waals surface area (Å²) in [6, 6.07) is 11.0. The maximum Gasteiger partial charge on any atom is 0.319 e. The van der Waals surface area contributed by atoms with Gasteiger partial charge in [-0.1, -0.05) is 29.8 Å². The molecule has 1 heterocycles. The number of nitrogens with one attached hydrogen (secondary N) is 4. The standard InChI is InChI=1S/C26H28ClN5O5/c1-16-8-9-19(14-20(16)27)31-26(37)29-11-10-17-5-3-6-18(13-17)30-21-15-23(34)32(25(21)36)22(7-4-12-33)24(35)28-2/h3,5-6,8-9,12-15,22,30H,4,7,10-11H2,1-2H3,(H,28,35)(H2,29,31,37). The van der Waals surface area contributed by atoms with Gasteiger partial charge in [0.05, 0.1) is 0 Å². The van der Waals surface area contributed by atoms with E-state index in [0.717, 1.165) is 22.1 Å². The van der Waals surface area contributed by atoms with Crippen LogP contribution in [0.25, 0.3) is 0 Å². The van der Waals surface area contributed by atoms with Gasteiger partial charge in [0.15, 0.2) is 0 Å². The van der Waals surface area contributed by atoms with Crippen LogP contribution in [0.5, 0.6) is 0 Å². The number of hydrogen-bond acceptors (Lipinski definition) is 6. The highest BCUT2D eigenvalue weighted by atomic mass is 35.5. The van der Waals surface area contributed by atoms with Crippen LogP contribution in [0.2, 0.25) is 5.02 Å². The Hall–Kier alpha value is -4.18. The molecule has 2 aromatic rings. The fourth-order valence-corrected chi connectivity index (χ4v) is 3.95. The minimum Gasteiger partial charge on any atom is -0.357 e. The molecule has 37 heavy (non-hydrogen) atoms. The van der Waals surface area contributed by atoms with Crippen LogP contribution in [-0.4, -0.2) is 54.6 Å². The molecule has 3 rings (SSSR count). The number of imide groups is 1. The van der Waals surface area contributed by atoms with Crippen molar-refractivity contribution in [1.82, 2.24) is 15.5 Å². The minimum atomic E-state index is -1.08. The summed E-state index contributed by atoms with van der Waals surface area (Å²) in [6.45, 7) is 2.23. The maximum absolute atomic E-state index is 12.9. The van der Waals surface area contributed by atoms with Gasteiger partial charge >= 0.3 is 6.03 Å². The summed E-state index contributed by atoms with van der Waals surface area (Å²) >= 11 is 6.08. The van der Waals surface area contributed by atoms with Crippen molar-refractivity contribution in [1.29, 1.82) is 0 Å². The summed E-state index contributed by atoms with van der Waals surface area (Å²) in [7, 11) is 1.40. The van der Waals surface area contributed by atoms with Crippen molar-refractivity contribution in [3.8, 4) is 0 Å². The van der Waals surface area contributed by atoms with Crippen molar-refractivity contribution in [3.63, 3.8) is 0 Å². The highest BCUT2D eigenvalue weighted by molar-refractivity contribution is 6.31. The van der Waals surface area contributed by atoms with E-state index in [2.05, 4.69) is 21.3 Å². The maximum atomic E-state index is 12.9. The Balaban J connectivity index is 1.57. The largest absolute Gasteiger partial charge is 0.357 e. The summed E-state index contributed by atoms with van der Waals surface area (Å²) in [5, 5.41) is 11.4. The van der Waals surface area contributed by atoms with Crippen LogP contribution in [0.15, 0.2) is 54.2 Å². The molecule has 1 atom stereocenters. The van der Waals surface area contributed by atoms with E-state index in [0.29, 0.717) is 35.6 Å². The number of rotatable bonds is 11. The number of amides is 5. The van der Waals surface area contributed by atoms with E-state index >= 15 is 0 Å². The molecule has 194 valence electrons. The molecule has 0 fully saturated rings. The Kier molecular flexibility index (Phi) is 9.39. The van der Waals surface area contributed by atoms with E-state index < -0.39 is 23.8 Å².